The summed E-state index contributed by atoms with van der Waals surface area (Å²) < 4.78 is 24.9. The normalized spacial score (nSPS) is 13.5. The van der Waals surface area contributed by atoms with Gasteiger partial charge in [-0.05, 0) is 57.0 Å². The van der Waals surface area contributed by atoms with Gasteiger partial charge in [0.2, 0.25) is 0 Å². The zero-order valence-corrected chi connectivity index (χ0v) is 16.0. The second-order valence-electron chi connectivity index (χ2n) is 6.94. The first kappa shape index (κ1) is 20.7. The minimum absolute atomic E-state index is 0.0825. The summed E-state index contributed by atoms with van der Waals surface area (Å²) in [6.45, 7) is 5.37. The summed E-state index contributed by atoms with van der Waals surface area (Å²) in [5, 5.41) is 23.0. The maximum Gasteiger partial charge on any atom is 0.186 e. The Morgan fingerprint density at radius 1 is 1.15 bits per heavy atom. The van der Waals surface area contributed by atoms with E-state index in [9.17, 15) is 14.8 Å². The molecule has 0 aliphatic heterocycles. The van der Waals surface area contributed by atoms with E-state index in [0.717, 1.165) is 11.3 Å². The molecule has 2 aromatic rings. The van der Waals surface area contributed by atoms with E-state index in [-0.39, 0.29) is 11.3 Å². The number of aliphatic hydroxyl groups is 1. The Kier molecular flexibility index (Phi) is 6.42. The van der Waals surface area contributed by atoms with Crippen molar-refractivity contribution in [2.24, 2.45) is 0 Å². The van der Waals surface area contributed by atoms with Crippen LogP contribution in [0.1, 0.15) is 31.9 Å². The highest BCUT2D eigenvalue weighted by molar-refractivity contribution is 5.44. The molecule has 0 aliphatic carbocycles. The lowest BCUT2D eigenvalue weighted by molar-refractivity contribution is -0.122. The number of hydrogen-bond donors (Lipinski definition) is 2. The van der Waals surface area contributed by atoms with Crippen LogP contribution in [0.5, 0.6) is 11.5 Å². The molecule has 0 amide bonds. The quantitative estimate of drug-likeness (QED) is 0.695. The summed E-state index contributed by atoms with van der Waals surface area (Å²) in [4.78, 5) is 0. The predicted octanol–water partition coefficient (Wildman–Crippen LogP) is 3.40. The molecule has 5 nitrogen and oxygen atoms in total. The highest BCUT2D eigenvalue weighted by Crippen LogP contribution is 2.29. The van der Waals surface area contributed by atoms with E-state index < -0.39 is 17.1 Å². The lowest BCUT2D eigenvalue weighted by Crippen LogP contribution is -2.62. The topological polar surface area (TPSA) is 74.5 Å². The fourth-order valence-electron chi connectivity index (χ4n) is 2.53. The van der Waals surface area contributed by atoms with Crippen molar-refractivity contribution in [3.63, 3.8) is 0 Å². The second-order valence-corrected chi connectivity index (χ2v) is 6.94. The zero-order chi connectivity index (χ0) is 20.1. The van der Waals surface area contributed by atoms with Crippen LogP contribution in [0, 0.1) is 17.1 Å². The molecule has 0 aliphatic rings. The summed E-state index contributed by atoms with van der Waals surface area (Å²) in [5.41, 5.74) is -1.64. The van der Waals surface area contributed by atoms with Gasteiger partial charge < -0.3 is 14.6 Å². The van der Waals surface area contributed by atoms with E-state index in [1.807, 2.05) is 30.3 Å². The highest BCUT2D eigenvalue weighted by Gasteiger charge is 2.42. The average molecular weight is 372 g/mol. The third-order valence-electron chi connectivity index (χ3n) is 4.60. The fraction of sp³-hybridized carbons (Fsp3) is 0.381. The van der Waals surface area contributed by atoms with E-state index in [2.05, 4.69) is 5.32 Å². The van der Waals surface area contributed by atoms with Crippen LogP contribution in [-0.2, 0) is 6.42 Å². The molecule has 2 aromatic carbocycles. The smallest absolute Gasteiger partial charge is 0.186 e. The van der Waals surface area contributed by atoms with Crippen molar-refractivity contribution < 1.29 is 19.0 Å². The summed E-state index contributed by atoms with van der Waals surface area (Å²) in [5.74, 6) is 0.205. The standard InChI is InChI=1S/C21H25FN2O3/c1-20(2,25)21(3,27-19-7-5-6-18(22)17(19)14-23)24-13-12-15-8-10-16(26-4)11-9-15/h5-11,24-25H,12-13H2,1-4H3. The van der Waals surface area contributed by atoms with Crippen LogP contribution in [0.4, 0.5) is 4.39 Å². The molecule has 1 unspecified atom stereocenters. The Balaban J connectivity index is 2.14. The second kappa shape index (κ2) is 8.38. The lowest BCUT2D eigenvalue weighted by atomic mass is 9.95. The van der Waals surface area contributed by atoms with Crippen LogP contribution in [-0.4, -0.2) is 30.1 Å². The third kappa shape index (κ3) is 4.97. The molecule has 0 saturated carbocycles. The zero-order valence-electron chi connectivity index (χ0n) is 16.0. The number of benzene rings is 2. The summed E-state index contributed by atoms with van der Waals surface area (Å²) in [6, 6.07) is 13.7. The number of nitriles is 1. The molecule has 27 heavy (non-hydrogen) atoms. The number of hydrogen-bond acceptors (Lipinski definition) is 5. The molecule has 0 spiro atoms. The van der Waals surface area contributed by atoms with Gasteiger partial charge in [-0.1, -0.05) is 18.2 Å². The largest absolute Gasteiger partial charge is 0.497 e. The lowest BCUT2D eigenvalue weighted by Gasteiger charge is -2.41. The SMILES string of the molecule is COc1ccc(CCNC(C)(Oc2cccc(F)c2C#N)C(C)(C)O)cc1. The molecule has 0 bridgehead atoms. The van der Waals surface area contributed by atoms with Gasteiger partial charge in [-0.2, -0.15) is 5.26 Å². The van der Waals surface area contributed by atoms with Gasteiger partial charge in [0.25, 0.3) is 0 Å². The van der Waals surface area contributed by atoms with Crippen molar-refractivity contribution in [2.75, 3.05) is 13.7 Å². The van der Waals surface area contributed by atoms with Crippen LogP contribution >= 0.6 is 0 Å². The molecule has 0 heterocycles. The summed E-state index contributed by atoms with van der Waals surface area (Å²) in [6.07, 6.45) is 0.688. The molecule has 0 radical (unpaired) electrons. The minimum atomic E-state index is -1.30. The maximum absolute atomic E-state index is 13.9. The maximum atomic E-state index is 13.9. The van der Waals surface area contributed by atoms with Crippen LogP contribution in [0.3, 0.4) is 0 Å². The van der Waals surface area contributed by atoms with Crippen molar-refractivity contribution in [2.45, 2.75) is 38.5 Å². The first-order chi connectivity index (χ1) is 12.7. The van der Waals surface area contributed by atoms with Crippen LogP contribution in [0.2, 0.25) is 0 Å². The van der Waals surface area contributed by atoms with Crippen molar-refractivity contribution >= 4 is 0 Å². The van der Waals surface area contributed by atoms with Crippen molar-refractivity contribution in [3.8, 4) is 17.6 Å². The number of halogens is 1. The van der Waals surface area contributed by atoms with Gasteiger partial charge in [-0.15, -0.1) is 0 Å². The van der Waals surface area contributed by atoms with E-state index in [1.165, 1.54) is 18.2 Å². The summed E-state index contributed by atoms with van der Waals surface area (Å²) >= 11 is 0. The molecule has 2 rings (SSSR count). The fourth-order valence-corrected chi connectivity index (χ4v) is 2.53. The molecular weight excluding hydrogens is 347 g/mol. The molecule has 2 N–H and O–H groups in total. The Hall–Kier alpha value is -2.62. The van der Waals surface area contributed by atoms with E-state index >= 15 is 0 Å². The van der Waals surface area contributed by atoms with Gasteiger partial charge >= 0.3 is 0 Å². The van der Waals surface area contributed by atoms with E-state index in [1.54, 1.807) is 27.9 Å². The number of methoxy groups -OCH3 is 1. The van der Waals surface area contributed by atoms with Gasteiger partial charge in [0, 0.05) is 6.54 Å². The number of ether oxygens (including phenoxy) is 2. The van der Waals surface area contributed by atoms with Gasteiger partial charge in [0.05, 0.1) is 7.11 Å². The van der Waals surface area contributed by atoms with Crippen molar-refractivity contribution in [1.29, 1.82) is 5.26 Å². The number of nitrogens with zero attached hydrogens (tertiary/aromatic N) is 1. The molecule has 1 atom stereocenters. The molecule has 0 aromatic heterocycles. The Morgan fingerprint density at radius 3 is 2.37 bits per heavy atom. The number of nitrogens with one attached hydrogen (secondary N) is 1. The first-order valence-corrected chi connectivity index (χ1v) is 8.68. The van der Waals surface area contributed by atoms with Gasteiger partial charge in [0.1, 0.15) is 34.5 Å². The predicted molar refractivity (Wildman–Crippen MR) is 101 cm³/mol. The van der Waals surface area contributed by atoms with Crippen LogP contribution in [0.15, 0.2) is 42.5 Å². The van der Waals surface area contributed by atoms with E-state index in [0.29, 0.717) is 13.0 Å². The molecule has 144 valence electrons. The molecule has 0 fully saturated rings. The van der Waals surface area contributed by atoms with Gasteiger partial charge in [0.15, 0.2) is 5.72 Å². The minimum Gasteiger partial charge on any atom is -0.497 e. The molecule has 6 heteroatoms. The Morgan fingerprint density at radius 2 is 1.81 bits per heavy atom. The van der Waals surface area contributed by atoms with E-state index in [4.69, 9.17) is 9.47 Å². The first-order valence-electron chi connectivity index (χ1n) is 8.68. The number of rotatable bonds is 8. The third-order valence-corrected chi connectivity index (χ3v) is 4.60. The molecule has 0 saturated heterocycles. The average Bonchev–Trinajstić information content (AvgIpc) is 2.61. The van der Waals surface area contributed by atoms with Crippen molar-refractivity contribution in [1.82, 2.24) is 5.32 Å². The Labute approximate surface area is 159 Å². The summed E-state index contributed by atoms with van der Waals surface area (Å²) in [7, 11) is 1.62. The van der Waals surface area contributed by atoms with Gasteiger partial charge in [-0.3, -0.25) is 5.32 Å². The van der Waals surface area contributed by atoms with Crippen molar-refractivity contribution in [3.05, 3.63) is 59.4 Å². The Bertz CT molecular complexity index is 810. The van der Waals surface area contributed by atoms with Crippen LogP contribution in [0.25, 0.3) is 0 Å². The molecular formula is C21H25FN2O3. The monoisotopic (exact) mass is 372 g/mol. The highest BCUT2D eigenvalue weighted by atomic mass is 19.1. The van der Waals surface area contributed by atoms with Crippen LogP contribution < -0.4 is 14.8 Å². The van der Waals surface area contributed by atoms with Gasteiger partial charge in [-0.25, -0.2) is 4.39 Å².